The van der Waals surface area contributed by atoms with Gasteiger partial charge in [0.2, 0.25) is 0 Å². The Kier molecular flexibility index (Phi) is 3.54. The summed E-state index contributed by atoms with van der Waals surface area (Å²) in [6.07, 6.45) is 0.460. The molecule has 0 saturated heterocycles. The number of methoxy groups -OCH3 is 1. The second-order valence-corrected chi connectivity index (χ2v) is 6.14. The van der Waals surface area contributed by atoms with E-state index in [0.717, 1.165) is 28.2 Å². The van der Waals surface area contributed by atoms with E-state index in [4.69, 9.17) is 9.15 Å². The van der Waals surface area contributed by atoms with Crippen molar-refractivity contribution in [1.82, 2.24) is 0 Å². The summed E-state index contributed by atoms with van der Waals surface area (Å²) in [5, 5.41) is 10.6. The predicted molar refractivity (Wildman–Crippen MR) is 81.8 cm³/mol. The molecule has 1 aromatic heterocycles. The van der Waals surface area contributed by atoms with Crippen molar-refractivity contribution in [2.45, 2.75) is 39.2 Å². The van der Waals surface area contributed by atoms with Crippen LogP contribution in [0.25, 0.3) is 0 Å². The number of rotatable bonds is 4. The van der Waals surface area contributed by atoms with E-state index in [-0.39, 0.29) is 0 Å². The number of benzene rings is 1. The van der Waals surface area contributed by atoms with Gasteiger partial charge in [-0.2, -0.15) is 0 Å². The summed E-state index contributed by atoms with van der Waals surface area (Å²) in [5.41, 5.74) is 2.89. The van der Waals surface area contributed by atoms with Crippen molar-refractivity contribution in [2.24, 2.45) is 5.92 Å². The van der Waals surface area contributed by atoms with Gasteiger partial charge in [0.05, 0.1) is 7.11 Å². The molecule has 0 bridgehead atoms. The number of ether oxygens (including phenoxy) is 1. The molecule has 3 nitrogen and oxygen atoms in total. The van der Waals surface area contributed by atoms with E-state index in [1.54, 1.807) is 7.11 Å². The van der Waals surface area contributed by atoms with E-state index in [0.29, 0.717) is 17.6 Å². The first-order valence-corrected chi connectivity index (χ1v) is 7.44. The Labute approximate surface area is 125 Å². The summed E-state index contributed by atoms with van der Waals surface area (Å²) in [6, 6.07) is 7.82. The van der Waals surface area contributed by atoms with Crippen molar-refractivity contribution in [3.8, 4) is 5.75 Å². The lowest BCUT2D eigenvalue weighted by Crippen LogP contribution is -2.02. The third-order valence-electron chi connectivity index (χ3n) is 4.47. The highest BCUT2D eigenvalue weighted by Crippen LogP contribution is 2.48. The highest BCUT2D eigenvalue weighted by Gasteiger charge is 2.37. The minimum atomic E-state index is -0.725. The van der Waals surface area contributed by atoms with Crippen LogP contribution in [0.15, 0.2) is 28.7 Å². The molecule has 2 aromatic rings. The van der Waals surface area contributed by atoms with Crippen LogP contribution in [0.3, 0.4) is 0 Å². The van der Waals surface area contributed by atoms with Crippen LogP contribution in [0.2, 0.25) is 0 Å². The molecule has 1 N–H and O–H groups in total. The van der Waals surface area contributed by atoms with Crippen LogP contribution in [-0.4, -0.2) is 12.2 Å². The summed E-state index contributed by atoms with van der Waals surface area (Å²) in [6.45, 7) is 6.18. The molecular weight excluding hydrogens is 264 g/mol. The van der Waals surface area contributed by atoms with Crippen LogP contribution in [0.1, 0.15) is 53.6 Å². The van der Waals surface area contributed by atoms with E-state index < -0.39 is 6.10 Å². The van der Waals surface area contributed by atoms with E-state index in [1.165, 1.54) is 6.42 Å². The molecule has 3 rings (SSSR count). The van der Waals surface area contributed by atoms with E-state index in [2.05, 4.69) is 6.92 Å². The lowest BCUT2D eigenvalue weighted by molar-refractivity contribution is 0.186. The molecule has 0 radical (unpaired) electrons. The van der Waals surface area contributed by atoms with Gasteiger partial charge >= 0.3 is 0 Å². The number of aliphatic hydroxyl groups excluding tert-OH is 1. The molecule has 21 heavy (non-hydrogen) atoms. The maximum Gasteiger partial charge on any atom is 0.137 e. The number of aryl methyl sites for hydroxylation is 2. The smallest absolute Gasteiger partial charge is 0.137 e. The maximum atomic E-state index is 10.6. The fourth-order valence-electron chi connectivity index (χ4n) is 2.91. The van der Waals surface area contributed by atoms with Crippen molar-refractivity contribution in [1.29, 1.82) is 0 Å². The van der Waals surface area contributed by atoms with Crippen molar-refractivity contribution < 1.29 is 14.3 Å². The third kappa shape index (κ3) is 2.58. The molecule has 3 atom stereocenters. The van der Waals surface area contributed by atoms with Gasteiger partial charge in [-0.3, -0.25) is 0 Å². The Balaban J connectivity index is 1.89. The normalized spacial score (nSPS) is 22.1. The highest BCUT2D eigenvalue weighted by atomic mass is 16.5. The maximum absolute atomic E-state index is 10.6. The predicted octanol–water partition coefficient (Wildman–Crippen LogP) is 4.11. The Morgan fingerprint density at radius 2 is 1.95 bits per heavy atom. The van der Waals surface area contributed by atoms with Crippen LogP contribution in [-0.2, 0) is 0 Å². The zero-order chi connectivity index (χ0) is 15.1. The summed E-state index contributed by atoms with van der Waals surface area (Å²) in [7, 11) is 1.66. The minimum absolute atomic E-state index is 0.532. The Morgan fingerprint density at radius 3 is 2.57 bits per heavy atom. The van der Waals surface area contributed by atoms with Gasteiger partial charge in [-0.1, -0.05) is 6.92 Å². The number of furan rings is 1. The summed E-state index contributed by atoms with van der Waals surface area (Å²) in [5.74, 6) is 3.70. The summed E-state index contributed by atoms with van der Waals surface area (Å²) >= 11 is 0. The summed E-state index contributed by atoms with van der Waals surface area (Å²) in [4.78, 5) is 0. The minimum Gasteiger partial charge on any atom is -0.496 e. The first-order chi connectivity index (χ1) is 10.0. The van der Waals surface area contributed by atoms with Crippen molar-refractivity contribution in [2.75, 3.05) is 7.11 Å². The van der Waals surface area contributed by atoms with Crippen molar-refractivity contribution >= 4 is 0 Å². The first kappa shape index (κ1) is 14.2. The molecule has 1 saturated carbocycles. The van der Waals surface area contributed by atoms with Crippen molar-refractivity contribution in [3.63, 3.8) is 0 Å². The molecule has 1 fully saturated rings. The quantitative estimate of drug-likeness (QED) is 0.919. The standard InChI is InChI=1S/C18H22O3/c1-10-7-13(10)15-5-6-16(21-15)18(19)14-8-12(3)17(20-4)9-11(14)2/h5-6,8-10,13,18-19H,7H2,1-4H3. The second kappa shape index (κ2) is 5.23. The first-order valence-electron chi connectivity index (χ1n) is 7.44. The van der Waals surface area contributed by atoms with E-state index in [1.807, 2.05) is 38.1 Å². The van der Waals surface area contributed by atoms with Gasteiger partial charge in [-0.15, -0.1) is 0 Å². The van der Waals surface area contributed by atoms with Gasteiger partial charge in [0.15, 0.2) is 0 Å². The van der Waals surface area contributed by atoms with Gasteiger partial charge in [0.1, 0.15) is 23.4 Å². The van der Waals surface area contributed by atoms with Crippen LogP contribution in [0, 0.1) is 19.8 Å². The molecule has 0 spiro atoms. The molecule has 0 amide bonds. The summed E-state index contributed by atoms with van der Waals surface area (Å²) < 4.78 is 11.2. The van der Waals surface area contributed by atoms with Crippen LogP contribution >= 0.6 is 0 Å². The molecule has 3 heteroatoms. The number of hydrogen-bond acceptors (Lipinski definition) is 3. The van der Waals surface area contributed by atoms with E-state index >= 15 is 0 Å². The van der Waals surface area contributed by atoms with Crippen LogP contribution < -0.4 is 4.74 Å². The van der Waals surface area contributed by atoms with Crippen molar-refractivity contribution in [3.05, 3.63) is 52.5 Å². The third-order valence-corrected chi connectivity index (χ3v) is 4.47. The molecule has 1 aliphatic rings. The van der Waals surface area contributed by atoms with Gasteiger partial charge in [0.25, 0.3) is 0 Å². The molecular formula is C18H22O3. The monoisotopic (exact) mass is 286 g/mol. The SMILES string of the molecule is COc1cc(C)c(C(O)c2ccc(C3CC3C)o2)cc1C. The number of hydrogen-bond donors (Lipinski definition) is 1. The zero-order valence-electron chi connectivity index (χ0n) is 13.0. The molecule has 1 aromatic carbocycles. The molecule has 1 heterocycles. The Hall–Kier alpha value is -1.74. The molecule has 112 valence electrons. The van der Waals surface area contributed by atoms with Gasteiger partial charge in [-0.05, 0) is 67.1 Å². The lowest BCUT2D eigenvalue weighted by Gasteiger charge is -2.15. The Bertz CT molecular complexity index is 656. The second-order valence-electron chi connectivity index (χ2n) is 6.14. The fourth-order valence-corrected chi connectivity index (χ4v) is 2.91. The van der Waals surface area contributed by atoms with E-state index in [9.17, 15) is 5.11 Å². The number of aliphatic hydroxyl groups is 1. The zero-order valence-corrected chi connectivity index (χ0v) is 13.0. The molecule has 3 unspecified atom stereocenters. The van der Waals surface area contributed by atoms with Crippen LogP contribution in [0.4, 0.5) is 0 Å². The van der Waals surface area contributed by atoms with Gasteiger partial charge in [0, 0.05) is 5.92 Å². The van der Waals surface area contributed by atoms with Gasteiger partial charge in [-0.25, -0.2) is 0 Å². The average molecular weight is 286 g/mol. The highest BCUT2D eigenvalue weighted by molar-refractivity contribution is 5.44. The largest absolute Gasteiger partial charge is 0.496 e. The molecule has 0 aliphatic heterocycles. The lowest BCUT2D eigenvalue weighted by atomic mass is 9.98. The fraction of sp³-hybridized carbons (Fsp3) is 0.444. The van der Waals surface area contributed by atoms with Gasteiger partial charge < -0.3 is 14.3 Å². The average Bonchev–Trinajstić information content (AvgIpc) is 3.01. The topological polar surface area (TPSA) is 42.6 Å². The molecule has 1 aliphatic carbocycles. The van der Waals surface area contributed by atoms with Crippen LogP contribution in [0.5, 0.6) is 5.75 Å². The Morgan fingerprint density at radius 1 is 1.24 bits per heavy atom.